The van der Waals surface area contributed by atoms with E-state index in [0.717, 1.165) is 5.56 Å². The molecular formula is C15H17FN2O2. The van der Waals surface area contributed by atoms with Gasteiger partial charge in [-0.15, -0.1) is 0 Å². The van der Waals surface area contributed by atoms with Gasteiger partial charge in [-0.05, 0) is 30.2 Å². The summed E-state index contributed by atoms with van der Waals surface area (Å²) in [5.41, 5.74) is 6.92. The van der Waals surface area contributed by atoms with E-state index in [9.17, 15) is 9.18 Å². The Morgan fingerprint density at radius 3 is 2.65 bits per heavy atom. The van der Waals surface area contributed by atoms with Crippen LogP contribution in [-0.4, -0.2) is 24.4 Å². The minimum atomic E-state index is -0.258. The van der Waals surface area contributed by atoms with E-state index < -0.39 is 0 Å². The van der Waals surface area contributed by atoms with E-state index in [1.54, 1.807) is 30.1 Å². The topological polar surface area (TPSA) is 59.5 Å². The first-order chi connectivity index (χ1) is 9.60. The van der Waals surface area contributed by atoms with E-state index in [-0.39, 0.29) is 18.3 Å². The van der Waals surface area contributed by atoms with Crippen LogP contribution in [0.15, 0.2) is 41.0 Å². The maximum atomic E-state index is 12.8. The van der Waals surface area contributed by atoms with Crippen molar-refractivity contribution in [2.75, 3.05) is 13.6 Å². The minimum Gasteiger partial charge on any atom is -0.467 e. The summed E-state index contributed by atoms with van der Waals surface area (Å²) in [5, 5.41) is 0. The highest BCUT2D eigenvalue weighted by Gasteiger charge is 2.14. The number of nitrogens with zero attached hydrogens (tertiary/aromatic N) is 1. The van der Waals surface area contributed by atoms with E-state index in [1.807, 2.05) is 0 Å². The summed E-state index contributed by atoms with van der Waals surface area (Å²) in [5.74, 6) is 0.210. The average molecular weight is 276 g/mol. The summed E-state index contributed by atoms with van der Waals surface area (Å²) in [6.45, 7) is 0.820. The third-order valence-corrected chi connectivity index (χ3v) is 3.10. The molecule has 1 aromatic carbocycles. The lowest BCUT2D eigenvalue weighted by Crippen LogP contribution is -2.28. The molecule has 2 aromatic rings. The molecule has 0 fully saturated rings. The number of likely N-dealkylation sites (N-methyl/N-ethyl adjacent to an activating group) is 1. The van der Waals surface area contributed by atoms with Gasteiger partial charge in [0.25, 0.3) is 5.91 Å². The van der Waals surface area contributed by atoms with Crippen LogP contribution < -0.4 is 5.73 Å². The monoisotopic (exact) mass is 276 g/mol. The van der Waals surface area contributed by atoms with E-state index in [2.05, 4.69) is 0 Å². The highest BCUT2D eigenvalue weighted by molar-refractivity contribution is 5.93. The average Bonchev–Trinajstić information content (AvgIpc) is 2.94. The van der Waals surface area contributed by atoms with Gasteiger partial charge in [0.1, 0.15) is 17.8 Å². The van der Waals surface area contributed by atoms with Crippen molar-refractivity contribution in [2.45, 2.75) is 13.0 Å². The molecule has 0 aliphatic rings. The zero-order chi connectivity index (χ0) is 14.5. The molecule has 0 saturated carbocycles. The zero-order valence-corrected chi connectivity index (χ0v) is 11.3. The molecule has 106 valence electrons. The van der Waals surface area contributed by atoms with Gasteiger partial charge in [-0.25, -0.2) is 4.39 Å². The number of rotatable bonds is 5. The number of carbonyl (C=O) groups excluding carboxylic acids is 1. The first-order valence-electron chi connectivity index (χ1n) is 6.37. The van der Waals surface area contributed by atoms with Gasteiger partial charge in [0, 0.05) is 13.6 Å². The van der Waals surface area contributed by atoms with E-state index in [4.69, 9.17) is 10.2 Å². The van der Waals surface area contributed by atoms with E-state index in [0.29, 0.717) is 24.3 Å². The first-order valence-corrected chi connectivity index (χ1v) is 6.37. The van der Waals surface area contributed by atoms with Gasteiger partial charge in [-0.1, -0.05) is 12.1 Å². The molecule has 0 unspecified atom stereocenters. The zero-order valence-electron chi connectivity index (χ0n) is 11.3. The van der Waals surface area contributed by atoms with Crippen molar-refractivity contribution in [1.82, 2.24) is 4.90 Å². The molecule has 0 saturated heterocycles. The molecule has 0 atom stereocenters. The Morgan fingerprint density at radius 1 is 1.35 bits per heavy atom. The molecule has 1 amide bonds. The quantitative estimate of drug-likeness (QED) is 0.910. The Hall–Kier alpha value is -2.14. The lowest BCUT2D eigenvalue weighted by molar-refractivity contribution is 0.0796. The van der Waals surface area contributed by atoms with Gasteiger partial charge in [0.15, 0.2) is 0 Å². The van der Waals surface area contributed by atoms with Gasteiger partial charge >= 0.3 is 0 Å². The Bertz CT molecular complexity index is 578. The number of furan rings is 1. The summed E-state index contributed by atoms with van der Waals surface area (Å²) in [4.78, 5) is 13.7. The molecule has 2 rings (SSSR count). The number of benzene rings is 1. The fourth-order valence-electron chi connectivity index (χ4n) is 1.87. The number of nitrogens with two attached hydrogens (primary N) is 1. The molecular weight excluding hydrogens is 259 g/mol. The van der Waals surface area contributed by atoms with E-state index >= 15 is 0 Å². The van der Waals surface area contributed by atoms with Crippen LogP contribution >= 0.6 is 0 Å². The molecule has 0 bridgehead atoms. The van der Waals surface area contributed by atoms with Crippen molar-refractivity contribution >= 4 is 5.91 Å². The molecule has 1 aromatic heterocycles. The predicted octanol–water partition coefficient (Wildman–Crippen LogP) is 2.19. The van der Waals surface area contributed by atoms with Gasteiger partial charge in [0.05, 0.1) is 12.1 Å². The number of hydrogen-bond donors (Lipinski definition) is 1. The molecule has 20 heavy (non-hydrogen) atoms. The fraction of sp³-hybridized carbons (Fsp3) is 0.267. The van der Waals surface area contributed by atoms with Gasteiger partial charge in [0.2, 0.25) is 0 Å². The Balaban J connectivity index is 1.92. The summed E-state index contributed by atoms with van der Waals surface area (Å²) in [6.07, 6.45) is 2.09. The second kappa shape index (κ2) is 6.34. The second-order valence-electron chi connectivity index (χ2n) is 4.61. The van der Waals surface area contributed by atoms with Crippen molar-refractivity contribution < 1.29 is 13.6 Å². The molecule has 4 nitrogen and oxygen atoms in total. The highest BCUT2D eigenvalue weighted by Crippen LogP contribution is 2.10. The van der Waals surface area contributed by atoms with Crippen LogP contribution in [0.25, 0.3) is 0 Å². The van der Waals surface area contributed by atoms with Crippen LogP contribution in [0.1, 0.15) is 21.7 Å². The van der Waals surface area contributed by atoms with Crippen molar-refractivity contribution in [2.24, 2.45) is 5.73 Å². The lowest BCUT2D eigenvalue weighted by atomic mass is 10.1. The predicted molar refractivity (Wildman–Crippen MR) is 73.7 cm³/mol. The number of carbonyl (C=O) groups is 1. The Labute approximate surface area is 117 Å². The first kappa shape index (κ1) is 14.3. The molecule has 0 spiro atoms. The van der Waals surface area contributed by atoms with Gasteiger partial charge < -0.3 is 15.1 Å². The Morgan fingerprint density at radius 2 is 2.05 bits per heavy atom. The highest BCUT2D eigenvalue weighted by atomic mass is 19.1. The maximum Gasteiger partial charge on any atom is 0.256 e. The maximum absolute atomic E-state index is 12.8. The summed E-state index contributed by atoms with van der Waals surface area (Å²) < 4.78 is 17.9. The molecule has 0 radical (unpaired) electrons. The smallest absolute Gasteiger partial charge is 0.256 e. The van der Waals surface area contributed by atoms with Crippen LogP contribution in [0, 0.1) is 5.82 Å². The van der Waals surface area contributed by atoms with Crippen molar-refractivity contribution in [3.63, 3.8) is 0 Å². The minimum absolute atomic E-state index is 0.115. The van der Waals surface area contributed by atoms with E-state index in [1.165, 1.54) is 18.4 Å². The summed E-state index contributed by atoms with van der Waals surface area (Å²) in [7, 11) is 1.72. The van der Waals surface area contributed by atoms with Crippen molar-refractivity contribution in [1.29, 1.82) is 0 Å². The van der Waals surface area contributed by atoms with Gasteiger partial charge in [-0.3, -0.25) is 4.79 Å². The molecule has 2 N–H and O–H groups in total. The van der Waals surface area contributed by atoms with Crippen LogP contribution in [0.4, 0.5) is 4.39 Å². The summed E-state index contributed by atoms with van der Waals surface area (Å²) >= 11 is 0. The third kappa shape index (κ3) is 3.45. The number of halogens is 1. The third-order valence-electron chi connectivity index (χ3n) is 3.10. The van der Waals surface area contributed by atoms with Crippen LogP contribution in [0.3, 0.4) is 0 Å². The normalized spacial score (nSPS) is 10.6. The van der Waals surface area contributed by atoms with Crippen LogP contribution in [-0.2, 0) is 13.0 Å². The largest absolute Gasteiger partial charge is 0.467 e. The molecule has 5 heteroatoms. The lowest BCUT2D eigenvalue weighted by Gasteiger charge is -2.16. The van der Waals surface area contributed by atoms with Gasteiger partial charge in [-0.2, -0.15) is 0 Å². The Kier molecular flexibility index (Phi) is 4.53. The summed E-state index contributed by atoms with van der Waals surface area (Å²) in [6, 6.07) is 7.92. The van der Waals surface area contributed by atoms with Crippen LogP contribution in [0.2, 0.25) is 0 Å². The van der Waals surface area contributed by atoms with Crippen molar-refractivity contribution in [3.8, 4) is 0 Å². The second-order valence-corrected chi connectivity index (χ2v) is 4.61. The SMILES string of the molecule is CN(CCc1ccc(F)cc1)C(=O)c1coc(CN)c1. The fourth-order valence-corrected chi connectivity index (χ4v) is 1.87. The number of hydrogen-bond acceptors (Lipinski definition) is 3. The van der Waals surface area contributed by atoms with Crippen molar-refractivity contribution in [3.05, 3.63) is 59.3 Å². The van der Waals surface area contributed by atoms with Crippen LogP contribution in [0.5, 0.6) is 0 Å². The number of amides is 1. The molecule has 1 heterocycles. The standard InChI is InChI=1S/C15H17FN2O2/c1-18(7-6-11-2-4-13(16)5-3-11)15(19)12-8-14(9-17)20-10-12/h2-5,8,10H,6-7,9,17H2,1H3. The molecule has 0 aliphatic heterocycles. The molecule has 0 aliphatic carbocycles.